The van der Waals surface area contributed by atoms with Crippen molar-refractivity contribution in [2.75, 3.05) is 13.2 Å². The summed E-state index contributed by atoms with van der Waals surface area (Å²) in [7, 11) is 0. The van der Waals surface area contributed by atoms with Gasteiger partial charge in [0.1, 0.15) is 13.2 Å². The molecule has 0 aromatic heterocycles. The first-order valence-corrected chi connectivity index (χ1v) is 7.75. The third-order valence-corrected chi connectivity index (χ3v) is 3.92. The topological polar surface area (TPSA) is 57.1 Å². The number of carbonyl (C=O) groups is 1. The van der Waals surface area contributed by atoms with Crippen molar-refractivity contribution in [2.24, 2.45) is 4.99 Å². The second-order valence-corrected chi connectivity index (χ2v) is 5.63. The summed E-state index contributed by atoms with van der Waals surface area (Å²) in [5, 5.41) is 0.477. The molecule has 5 nitrogen and oxygen atoms in total. The van der Waals surface area contributed by atoms with Crippen LogP contribution in [0.4, 0.5) is 0 Å². The van der Waals surface area contributed by atoms with E-state index in [0.29, 0.717) is 35.3 Å². The largest absolute Gasteiger partial charge is 0.486 e. The van der Waals surface area contributed by atoms with Crippen molar-refractivity contribution < 1.29 is 19.0 Å². The van der Waals surface area contributed by atoms with E-state index >= 15 is 0 Å². The van der Waals surface area contributed by atoms with E-state index in [-0.39, 0.29) is 11.6 Å². The maximum atomic E-state index is 12.1. The first-order valence-electron chi connectivity index (χ1n) is 7.38. The summed E-state index contributed by atoms with van der Waals surface area (Å²) in [6.07, 6.45) is 1.64. The molecular formula is C18H12ClNO4. The molecule has 0 fully saturated rings. The third kappa shape index (κ3) is 2.74. The molecule has 4 rings (SSSR count). The zero-order valence-corrected chi connectivity index (χ0v) is 13.2. The number of esters is 1. The standard InChI is InChI=1S/C18H12ClNO4/c19-13-4-2-1-3-12(13)17-20-14(18(21)24-17)9-11-5-6-15-16(10-11)23-8-7-22-15/h1-6,9-10H,7-8H2. The SMILES string of the molecule is O=C1OC(c2ccccc2Cl)=NC1=Cc1ccc2c(c1)OCCO2. The van der Waals surface area contributed by atoms with Gasteiger partial charge < -0.3 is 14.2 Å². The molecule has 0 unspecified atom stereocenters. The molecule has 0 spiro atoms. The molecule has 0 amide bonds. The molecule has 2 aromatic rings. The van der Waals surface area contributed by atoms with Crippen LogP contribution < -0.4 is 9.47 Å². The average molecular weight is 342 g/mol. The zero-order chi connectivity index (χ0) is 16.5. The van der Waals surface area contributed by atoms with Gasteiger partial charge in [0.05, 0.1) is 10.6 Å². The lowest BCUT2D eigenvalue weighted by Gasteiger charge is -2.18. The Balaban J connectivity index is 1.67. The van der Waals surface area contributed by atoms with Crippen LogP contribution in [0.15, 0.2) is 53.2 Å². The minimum absolute atomic E-state index is 0.203. The minimum Gasteiger partial charge on any atom is -0.486 e. The Morgan fingerprint density at radius 3 is 2.67 bits per heavy atom. The summed E-state index contributed by atoms with van der Waals surface area (Å²) in [6, 6.07) is 12.5. The highest BCUT2D eigenvalue weighted by atomic mass is 35.5. The maximum Gasteiger partial charge on any atom is 0.363 e. The van der Waals surface area contributed by atoms with Gasteiger partial charge in [-0.25, -0.2) is 9.79 Å². The molecule has 2 aromatic carbocycles. The van der Waals surface area contributed by atoms with Crippen LogP contribution in [0.1, 0.15) is 11.1 Å². The maximum absolute atomic E-state index is 12.1. The Morgan fingerprint density at radius 2 is 1.83 bits per heavy atom. The number of cyclic esters (lactones) is 1. The summed E-state index contributed by atoms with van der Waals surface area (Å²) in [4.78, 5) is 16.3. The molecule has 2 heterocycles. The molecule has 0 radical (unpaired) electrons. The first kappa shape index (κ1) is 14.8. The van der Waals surface area contributed by atoms with Crippen LogP contribution in [-0.4, -0.2) is 25.1 Å². The second kappa shape index (κ2) is 6.02. The van der Waals surface area contributed by atoms with Crippen molar-refractivity contribution in [1.82, 2.24) is 0 Å². The number of halogens is 1. The number of ether oxygens (including phenoxy) is 3. The molecule has 0 saturated carbocycles. The number of fused-ring (bicyclic) bond motifs is 1. The highest BCUT2D eigenvalue weighted by molar-refractivity contribution is 6.34. The van der Waals surface area contributed by atoms with E-state index in [0.717, 1.165) is 5.56 Å². The number of carbonyl (C=O) groups excluding carboxylic acids is 1. The third-order valence-electron chi connectivity index (χ3n) is 3.59. The van der Waals surface area contributed by atoms with Crippen molar-refractivity contribution >= 4 is 29.5 Å². The van der Waals surface area contributed by atoms with Gasteiger partial charge in [0.2, 0.25) is 5.90 Å². The number of benzene rings is 2. The molecule has 0 N–H and O–H groups in total. The smallest absolute Gasteiger partial charge is 0.363 e. The lowest BCUT2D eigenvalue weighted by Crippen LogP contribution is -2.15. The molecule has 24 heavy (non-hydrogen) atoms. The lowest BCUT2D eigenvalue weighted by molar-refractivity contribution is -0.129. The Hall–Kier alpha value is -2.79. The van der Waals surface area contributed by atoms with Crippen LogP contribution in [0, 0.1) is 0 Å². The van der Waals surface area contributed by atoms with Gasteiger partial charge in [0.25, 0.3) is 0 Å². The van der Waals surface area contributed by atoms with Crippen molar-refractivity contribution in [3.63, 3.8) is 0 Å². The van der Waals surface area contributed by atoms with E-state index in [9.17, 15) is 4.79 Å². The average Bonchev–Trinajstić information content (AvgIpc) is 2.96. The zero-order valence-electron chi connectivity index (χ0n) is 12.5. The van der Waals surface area contributed by atoms with Gasteiger partial charge in [0.15, 0.2) is 17.2 Å². The van der Waals surface area contributed by atoms with Gasteiger partial charge >= 0.3 is 5.97 Å². The number of aliphatic imine (C=N–C) groups is 1. The van der Waals surface area contributed by atoms with Crippen molar-refractivity contribution in [3.8, 4) is 11.5 Å². The molecule has 2 aliphatic rings. The molecule has 0 atom stereocenters. The second-order valence-electron chi connectivity index (χ2n) is 5.22. The monoisotopic (exact) mass is 341 g/mol. The first-order chi connectivity index (χ1) is 11.7. The van der Waals surface area contributed by atoms with Crippen LogP contribution in [0.3, 0.4) is 0 Å². The van der Waals surface area contributed by atoms with Crippen LogP contribution in [0.2, 0.25) is 5.02 Å². The molecular weight excluding hydrogens is 330 g/mol. The Bertz CT molecular complexity index is 888. The molecule has 0 bridgehead atoms. The fourth-order valence-electron chi connectivity index (χ4n) is 2.47. The summed E-state index contributed by atoms with van der Waals surface area (Å²) < 4.78 is 16.2. The fourth-order valence-corrected chi connectivity index (χ4v) is 2.68. The van der Waals surface area contributed by atoms with E-state index in [2.05, 4.69) is 4.99 Å². The summed E-state index contributed by atoms with van der Waals surface area (Å²) in [5.41, 5.74) is 1.56. The molecule has 0 saturated heterocycles. The number of rotatable bonds is 2. The Labute approximate surface area is 143 Å². The normalized spacial score (nSPS) is 17.6. The molecule has 2 aliphatic heterocycles. The van der Waals surface area contributed by atoms with Crippen LogP contribution >= 0.6 is 11.6 Å². The van der Waals surface area contributed by atoms with E-state index in [1.807, 2.05) is 6.07 Å². The van der Waals surface area contributed by atoms with Crippen molar-refractivity contribution in [2.45, 2.75) is 0 Å². The van der Waals surface area contributed by atoms with Crippen molar-refractivity contribution in [3.05, 3.63) is 64.3 Å². The van der Waals surface area contributed by atoms with E-state index in [1.165, 1.54) is 0 Å². The predicted octanol–water partition coefficient (Wildman–Crippen LogP) is 3.46. The van der Waals surface area contributed by atoms with Gasteiger partial charge in [-0.1, -0.05) is 29.8 Å². The van der Waals surface area contributed by atoms with E-state index in [1.54, 1.807) is 42.5 Å². The number of hydrogen-bond acceptors (Lipinski definition) is 5. The highest BCUT2D eigenvalue weighted by Crippen LogP contribution is 2.32. The lowest BCUT2D eigenvalue weighted by atomic mass is 10.1. The van der Waals surface area contributed by atoms with Gasteiger partial charge in [-0.15, -0.1) is 0 Å². The summed E-state index contributed by atoms with van der Waals surface area (Å²) >= 11 is 6.12. The van der Waals surface area contributed by atoms with E-state index in [4.69, 9.17) is 25.8 Å². The number of nitrogens with zero attached hydrogens (tertiary/aromatic N) is 1. The molecule has 120 valence electrons. The van der Waals surface area contributed by atoms with Crippen LogP contribution in [0.25, 0.3) is 6.08 Å². The highest BCUT2D eigenvalue weighted by Gasteiger charge is 2.25. The van der Waals surface area contributed by atoms with Gasteiger partial charge in [-0.05, 0) is 35.9 Å². The van der Waals surface area contributed by atoms with Gasteiger partial charge in [-0.3, -0.25) is 0 Å². The number of hydrogen-bond donors (Lipinski definition) is 0. The van der Waals surface area contributed by atoms with Crippen LogP contribution in [0.5, 0.6) is 11.5 Å². The van der Waals surface area contributed by atoms with Gasteiger partial charge in [-0.2, -0.15) is 0 Å². The Kier molecular flexibility index (Phi) is 3.70. The fraction of sp³-hybridized carbons (Fsp3) is 0.111. The summed E-state index contributed by atoms with van der Waals surface area (Å²) in [5.74, 6) is 1.03. The predicted molar refractivity (Wildman–Crippen MR) is 89.5 cm³/mol. The van der Waals surface area contributed by atoms with Gasteiger partial charge in [0, 0.05) is 0 Å². The minimum atomic E-state index is -0.514. The van der Waals surface area contributed by atoms with Crippen molar-refractivity contribution in [1.29, 1.82) is 0 Å². The molecule has 6 heteroatoms. The Morgan fingerprint density at radius 1 is 1.04 bits per heavy atom. The van der Waals surface area contributed by atoms with Crippen LogP contribution in [-0.2, 0) is 9.53 Å². The molecule has 0 aliphatic carbocycles. The van der Waals surface area contributed by atoms with E-state index < -0.39 is 5.97 Å². The quantitative estimate of drug-likeness (QED) is 0.620. The summed E-state index contributed by atoms with van der Waals surface area (Å²) in [6.45, 7) is 1.04.